The van der Waals surface area contributed by atoms with E-state index in [2.05, 4.69) is 10.4 Å². The van der Waals surface area contributed by atoms with Crippen molar-refractivity contribution in [3.8, 4) is 11.5 Å². The normalized spacial score (nSPS) is 13.7. The van der Waals surface area contributed by atoms with Crippen LogP contribution >= 0.6 is 12.4 Å². The molecule has 2 aromatic carbocycles. The Labute approximate surface area is 150 Å². The Balaban J connectivity index is 0.00000225. The third-order valence-corrected chi connectivity index (χ3v) is 3.65. The molecule has 0 unspecified atom stereocenters. The average Bonchev–Trinajstić information content (AvgIpc) is 2.94. The number of rotatable bonds is 4. The van der Waals surface area contributed by atoms with Crippen molar-refractivity contribution >= 4 is 41.7 Å². The number of aromatic hydroxyl groups is 1. The fourth-order valence-corrected chi connectivity index (χ4v) is 2.46. The van der Waals surface area contributed by atoms with Crippen LogP contribution in [0.15, 0.2) is 47.5 Å². The fraction of sp³-hybridized carbons (Fsp3) is 0.118. The second-order valence-electron chi connectivity index (χ2n) is 5.18. The van der Waals surface area contributed by atoms with Gasteiger partial charge in [-0.1, -0.05) is 12.1 Å². The van der Waals surface area contributed by atoms with Gasteiger partial charge in [-0.05, 0) is 35.3 Å². The Bertz CT molecular complexity index is 865. The number of methoxy groups -OCH3 is 1. The van der Waals surface area contributed by atoms with Gasteiger partial charge in [0.1, 0.15) is 24.1 Å². The minimum Gasteiger partial charge on any atom is -0.507 e. The Morgan fingerprint density at radius 1 is 1.36 bits per heavy atom. The molecule has 0 saturated heterocycles. The van der Waals surface area contributed by atoms with Gasteiger partial charge in [0, 0.05) is 0 Å². The number of hydrogen-bond donors (Lipinski definition) is 3. The molecule has 7 nitrogen and oxygen atoms in total. The summed E-state index contributed by atoms with van der Waals surface area (Å²) >= 11 is 0. The van der Waals surface area contributed by atoms with Crippen molar-refractivity contribution in [2.45, 2.75) is 6.42 Å². The number of hydrogen-bond acceptors (Lipinski definition) is 5. The van der Waals surface area contributed by atoms with Crippen LogP contribution in [0.5, 0.6) is 11.5 Å². The molecule has 1 amide bonds. The van der Waals surface area contributed by atoms with Gasteiger partial charge < -0.3 is 9.84 Å². The number of phenols is 1. The Morgan fingerprint density at radius 2 is 2.12 bits per heavy atom. The lowest BCUT2D eigenvalue weighted by molar-refractivity contribution is -0.296. The molecule has 1 aliphatic heterocycles. The average molecular weight is 362 g/mol. The Kier molecular flexibility index (Phi) is 5.74. The number of para-hydroxylation sites is 2. The predicted octanol–water partition coefficient (Wildman–Crippen LogP) is 2.01. The number of aliphatic imine (C=N–C) groups is 1. The van der Waals surface area contributed by atoms with Gasteiger partial charge in [-0.2, -0.15) is 4.58 Å². The van der Waals surface area contributed by atoms with Crippen molar-refractivity contribution in [3.63, 3.8) is 0 Å². The first-order chi connectivity index (χ1) is 11.6. The van der Waals surface area contributed by atoms with Gasteiger partial charge in [-0.15, -0.1) is 12.4 Å². The highest BCUT2D eigenvalue weighted by molar-refractivity contribution is 6.02. The molecule has 0 aliphatic carbocycles. The summed E-state index contributed by atoms with van der Waals surface area (Å²) in [4.78, 5) is 16.1. The van der Waals surface area contributed by atoms with E-state index in [9.17, 15) is 9.90 Å². The van der Waals surface area contributed by atoms with Crippen LogP contribution in [0.4, 0.5) is 11.4 Å². The summed E-state index contributed by atoms with van der Waals surface area (Å²) in [7, 11) is 1.56. The van der Waals surface area contributed by atoms with Crippen LogP contribution in [-0.2, 0) is 4.79 Å². The number of nitrogens with zero attached hydrogens (tertiary/aromatic N) is 2. The molecule has 0 atom stereocenters. The lowest BCUT2D eigenvalue weighted by Crippen LogP contribution is -2.33. The number of nitrogens with two attached hydrogens (primary N) is 1. The number of benzene rings is 2. The summed E-state index contributed by atoms with van der Waals surface area (Å²) in [5.41, 5.74) is 4.22. The number of amidine groups is 1. The summed E-state index contributed by atoms with van der Waals surface area (Å²) in [5.74, 6) is 6.05. The van der Waals surface area contributed by atoms with Gasteiger partial charge in [0.25, 0.3) is 0 Å². The van der Waals surface area contributed by atoms with Crippen molar-refractivity contribution < 1.29 is 19.2 Å². The summed E-state index contributed by atoms with van der Waals surface area (Å²) in [6.07, 6.45) is 1.73. The van der Waals surface area contributed by atoms with E-state index in [0.717, 1.165) is 11.4 Å². The summed E-state index contributed by atoms with van der Waals surface area (Å²) in [6.45, 7) is 0. The van der Waals surface area contributed by atoms with Gasteiger partial charge >= 0.3 is 5.84 Å². The highest BCUT2D eigenvalue weighted by Gasteiger charge is 2.31. The summed E-state index contributed by atoms with van der Waals surface area (Å²) in [5, 5.41) is 10.1. The molecule has 2 aromatic rings. The van der Waals surface area contributed by atoms with E-state index >= 15 is 0 Å². The number of phenolic OH excluding ortho intramolecular Hbond substituents is 1. The molecule has 130 valence electrons. The highest BCUT2D eigenvalue weighted by Crippen LogP contribution is 2.34. The van der Waals surface area contributed by atoms with Crippen molar-refractivity contribution in [2.24, 2.45) is 10.8 Å². The SMILES string of the molecule is COc1ccc(O)c(C=[N+]2C(CC(=O)NN)=Nc3ccccc32)c1.Cl. The van der Waals surface area contributed by atoms with Gasteiger partial charge in [-0.3, -0.25) is 10.2 Å². The number of hydrazine groups is 1. The molecule has 4 N–H and O–H groups in total. The van der Waals surface area contributed by atoms with Crippen molar-refractivity contribution in [2.75, 3.05) is 7.11 Å². The van der Waals surface area contributed by atoms with Crippen LogP contribution in [0.25, 0.3) is 0 Å². The molecule has 0 spiro atoms. The van der Waals surface area contributed by atoms with E-state index in [1.165, 1.54) is 0 Å². The lowest BCUT2D eigenvalue weighted by atomic mass is 10.2. The largest absolute Gasteiger partial charge is 0.507 e. The van der Waals surface area contributed by atoms with E-state index in [0.29, 0.717) is 17.1 Å². The van der Waals surface area contributed by atoms with Crippen LogP contribution in [0.3, 0.4) is 0 Å². The molecule has 1 heterocycles. The number of carbonyl (C=O) groups is 1. The van der Waals surface area contributed by atoms with Gasteiger partial charge in [0.15, 0.2) is 5.69 Å². The third-order valence-electron chi connectivity index (χ3n) is 3.65. The Hall–Kier alpha value is -2.90. The topological polar surface area (TPSA) is 100.0 Å². The van der Waals surface area contributed by atoms with Gasteiger partial charge in [0.05, 0.1) is 12.7 Å². The van der Waals surface area contributed by atoms with Crippen molar-refractivity contribution in [1.29, 1.82) is 0 Å². The second kappa shape index (κ2) is 7.78. The minimum absolute atomic E-state index is 0. The molecule has 1 aliphatic rings. The van der Waals surface area contributed by atoms with Gasteiger partial charge in [-0.25, -0.2) is 5.84 Å². The zero-order chi connectivity index (χ0) is 17.1. The van der Waals surface area contributed by atoms with Crippen LogP contribution < -0.4 is 16.0 Å². The number of ether oxygens (including phenoxy) is 1. The quantitative estimate of drug-likeness (QED) is 0.335. The molecule has 0 saturated carbocycles. The minimum atomic E-state index is -0.352. The van der Waals surface area contributed by atoms with E-state index in [-0.39, 0.29) is 30.5 Å². The number of carbonyl (C=O) groups excluding carboxylic acids is 1. The standard InChI is InChI=1S/C17H16N4O3.ClH/c1-24-12-6-7-15(22)11(8-12)10-21-14-5-3-2-4-13(14)19-16(21)9-17(23)20-18;/h2-8,10H,9,18H2,1H3,(H,20,23);1H/p+1. The molecular weight excluding hydrogens is 344 g/mol. The van der Waals surface area contributed by atoms with Gasteiger partial charge in [0.2, 0.25) is 11.6 Å². The van der Waals surface area contributed by atoms with Crippen LogP contribution in [0.1, 0.15) is 12.0 Å². The summed E-state index contributed by atoms with van der Waals surface area (Å²) < 4.78 is 6.96. The molecule has 25 heavy (non-hydrogen) atoms. The maximum absolute atomic E-state index is 11.7. The van der Waals surface area contributed by atoms with E-state index in [1.807, 2.05) is 24.3 Å². The first-order valence-electron chi connectivity index (χ1n) is 7.29. The fourth-order valence-electron chi connectivity index (χ4n) is 2.46. The van der Waals surface area contributed by atoms with Crippen LogP contribution in [-0.4, -0.2) is 34.7 Å². The smallest absolute Gasteiger partial charge is 0.314 e. The number of halogens is 1. The number of amides is 1. The Morgan fingerprint density at radius 3 is 2.84 bits per heavy atom. The molecule has 0 radical (unpaired) electrons. The molecule has 0 aromatic heterocycles. The van der Waals surface area contributed by atoms with Crippen molar-refractivity contribution in [3.05, 3.63) is 48.0 Å². The lowest BCUT2D eigenvalue weighted by Gasteiger charge is -2.05. The van der Waals surface area contributed by atoms with E-state index in [4.69, 9.17) is 10.6 Å². The molecule has 3 rings (SSSR count). The van der Waals surface area contributed by atoms with Crippen molar-refractivity contribution in [1.82, 2.24) is 5.43 Å². The maximum atomic E-state index is 11.7. The maximum Gasteiger partial charge on any atom is 0.314 e. The number of fused-ring (bicyclic) bond motifs is 1. The van der Waals surface area contributed by atoms with Crippen LogP contribution in [0.2, 0.25) is 0 Å². The van der Waals surface area contributed by atoms with Crippen LogP contribution in [0, 0.1) is 0 Å². The molecular formula is C17H18ClN4O3+. The second-order valence-corrected chi connectivity index (χ2v) is 5.18. The monoisotopic (exact) mass is 361 g/mol. The zero-order valence-electron chi connectivity index (χ0n) is 13.5. The molecule has 8 heteroatoms. The third kappa shape index (κ3) is 3.78. The van der Waals surface area contributed by atoms with E-state index < -0.39 is 0 Å². The first-order valence-corrected chi connectivity index (χ1v) is 7.29. The first kappa shape index (κ1) is 18.4. The zero-order valence-corrected chi connectivity index (χ0v) is 14.3. The number of nitrogens with one attached hydrogen (secondary N) is 1. The predicted molar refractivity (Wildman–Crippen MR) is 97.5 cm³/mol. The molecule has 0 fully saturated rings. The van der Waals surface area contributed by atoms with E-state index in [1.54, 1.807) is 36.1 Å². The molecule has 0 bridgehead atoms. The highest BCUT2D eigenvalue weighted by atomic mass is 35.5. The summed E-state index contributed by atoms with van der Waals surface area (Å²) in [6, 6.07) is 12.4.